The van der Waals surface area contributed by atoms with Gasteiger partial charge in [0.2, 0.25) is 0 Å². The van der Waals surface area contributed by atoms with Gasteiger partial charge in [0, 0.05) is 24.2 Å². The molecule has 0 bridgehead atoms. The summed E-state index contributed by atoms with van der Waals surface area (Å²) < 4.78 is 0. The number of nitrogens with one attached hydrogen (secondary N) is 2. The highest BCUT2D eigenvalue weighted by atomic mass is 15.2. The van der Waals surface area contributed by atoms with Crippen LogP contribution in [0.5, 0.6) is 0 Å². The van der Waals surface area contributed by atoms with Crippen LogP contribution >= 0.6 is 0 Å². The van der Waals surface area contributed by atoms with Crippen molar-refractivity contribution >= 4 is 0 Å². The molecule has 0 saturated heterocycles. The number of H-pyrrole nitrogens is 2. The van der Waals surface area contributed by atoms with Gasteiger partial charge in [0.05, 0.1) is 12.4 Å². The van der Waals surface area contributed by atoms with Gasteiger partial charge < -0.3 is 10.7 Å². The summed E-state index contributed by atoms with van der Waals surface area (Å²) in [7, 11) is 0. The van der Waals surface area contributed by atoms with Crippen molar-refractivity contribution in [3.8, 4) is 0 Å². The Morgan fingerprint density at radius 1 is 1.50 bits per heavy atom. The molecule has 0 amide bonds. The molecule has 0 aromatic carbocycles. The van der Waals surface area contributed by atoms with Gasteiger partial charge in [-0.15, -0.1) is 0 Å². The van der Waals surface area contributed by atoms with E-state index < -0.39 is 0 Å². The van der Waals surface area contributed by atoms with E-state index in [1.54, 1.807) is 12.5 Å². The van der Waals surface area contributed by atoms with Crippen molar-refractivity contribution in [2.75, 3.05) is 0 Å². The fraction of sp³-hybridized carbons (Fsp3) is 0.500. The first-order valence-electron chi connectivity index (χ1n) is 5.48. The van der Waals surface area contributed by atoms with Crippen LogP contribution in [0.3, 0.4) is 0 Å². The summed E-state index contributed by atoms with van der Waals surface area (Å²) in [6.45, 7) is 0. The van der Waals surface area contributed by atoms with Crippen LogP contribution in [0.1, 0.15) is 42.1 Å². The van der Waals surface area contributed by atoms with Crippen LogP contribution < -0.4 is 5.73 Å². The molecular formula is C10H14N6. The molecule has 1 aliphatic carbocycles. The highest BCUT2D eigenvalue weighted by Gasteiger charge is 2.27. The second-order valence-electron chi connectivity index (χ2n) is 4.24. The molecule has 0 aliphatic heterocycles. The van der Waals surface area contributed by atoms with Crippen LogP contribution in [0.4, 0.5) is 0 Å². The molecule has 84 valence electrons. The van der Waals surface area contributed by atoms with Gasteiger partial charge >= 0.3 is 0 Å². The van der Waals surface area contributed by atoms with Crippen molar-refractivity contribution in [3.05, 3.63) is 29.9 Å². The van der Waals surface area contributed by atoms with Crippen LogP contribution in [0.25, 0.3) is 0 Å². The maximum Gasteiger partial charge on any atom is 0.167 e. The average molecular weight is 218 g/mol. The molecule has 6 nitrogen and oxygen atoms in total. The van der Waals surface area contributed by atoms with Gasteiger partial charge in [-0.1, -0.05) is 0 Å². The van der Waals surface area contributed by atoms with Gasteiger partial charge in [0.1, 0.15) is 5.82 Å². The predicted molar refractivity (Wildman–Crippen MR) is 57.6 cm³/mol. The largest absolute Gasteiger partial charge is 0.348 e. The third kappa shape index (κ3) is 1.83. The fourth-order valence-corrected chi connectivity index (χ4v) is 1.72. The van der Waals surface area contributed by atoms with Gasteiger partial charge in [-0.05, 0) is 12.8 Å². The number of hydrogen-bond acceptors (Lipinski definition) is 4. The van der Waals surface area contributed by atoms with E-state index in [2.05, 4.69) is 25.1 Å². The molecule has 3 rings (SSSR count). The first kappa shape index (κ1) is 9.53. The van der Waals surface area contributed by atoms with E-state index in [4.69, 9.17) is 5.73 Å². The molecule has 16 heavy (non-hydrogen) atoms. The zero-order chi connectivity index (χ0) is 11.0. The van der Waals surface area contributed by atoms with Gasteiger partial charge in [-0.3, -0.25) is 5.10 Å². The van der Waals surface area contributed by atoms with E-state index in [0.717, 1.165) is 11.5 Å². The predicted octanol–water partition coefficient (Wildman–Crippen LogP) is 0.648. The molecule has 1 unspecified atom stereocenters. The Morgan fingerprint density at radius 2 is 2.38 bits per heavy atom. The summed E-state index contributed by atoms with van der Waals surface area (Å²) in [6, 6.07) is -0.177. The van der Waals surface area contributed by atoms with Crippen molar-refractivity contribution in [3.63, 3.8) is 0 Å². The molecule has 1 atom stereocenters. The Labute approximate surface area is 92.7 Å². The number of rotatable bonds is 4. The van der Waals surface area contributed by atoms with Gasteiger partial charge in [-0.2, -0.15) is 5.10 Å². The lowest BCUT2D eigenvalue weighted by Gasteiger charge is -2.04. The minimum atomic E-state index is -0.177. The monoisotopic (exact) mass is 218 g/mol. The van der Waals surface area contributed by atoms with Crippen LogP contribution in [0.2, 0.25) is 0 Å². The molecule has 2 aromatic heterocycles. The molecule has 0 spiro atoms. The lowest BCUT2D eigenvalue weighted by Crippen LogP contribution is -2.15. The van der Waals surface area contributed by atoms with Gasteiger partial charge in [0.15, 0.2) is 5.82 Å². The Kier molecular flexibility index (Phi) is 2.21. The average Bonchev–Trinajstić information content (AvgIpc) is 2.82. The molecule has 1 aliphatic rings. The highest BCUT2D eigenvalue weighted by Crippen LogP contribution is 2.37. The molecule has 1 saturated carbocycles. The maximum atomic E-state index is 6.03. The SMILES string of the molecule is NC(Cc1cnc[nH]1)c1n[nH]c(C2CC2)n1. The molecule has 2 aromatic rings. The Balaban J connectivity index is 1.70. The number of nitrogens with zero attached hydrogens (tertiary/aromatic N) is 3. The van der Waals surface area contributed by atoms with Crippen LogP contribution in [-0.4, -0.2) is 25.1 Å². The summed E-state index contributed by atoms with van der Waals surface area (Å²) in [5, 5.41) is 7.12. The smallest absolute Gasteiger partial charge is 0.167 e. The van der Waals surface area contributed by atoms with Crippen molar-refractivity contribution < 1.29 is 0 Å². The van der Waals surface area contributed by atoms with Gasteiger partial charge in [0.25, 0.3) is 0 Å². The van der Waals surface area contributed by atoms with Crippen molar-refractivity contribution in [2.24, 2.45) is 5.73 Å². The summed E-state index contributed by atoms with van der Waals surface area (Å²) >= 11 is 0. The molecular weight excluding hydrogens is 204 g/mol. The van der Waals surface area contributed by atoms with E-state index in [1.807, 2.05) is 0 Å². The van der Waals surface area contributed by atoms with Crippen molar-refractivity contribution in [2.45, 2.75) is 31.2 Å². The molecule has 4 N–H and O–H groups in total. The zero-order valence-corrected chi connectivity index (χ0v) is 8.85. The second-order valence-corrected chi connectivity index (χ2v) is 4.24. The van der Waals surface area contributed by atoms with Crippen molar-refractivity contribution in [1.29, 1.82) is 0 Å². The normalized spacial score (nSPS) is 17.6. The lowest BCUT2D eigenvalue weighted by atomic mass is 10.2. The quantitative estimate of drug-likeness (QED) is 0.701. The molecule has 0 radical (unpaired) electrons. The summed E-state index contributed by atoms with van der Waals surface area (Å²) in [6.07, 6.45) is 6.53. The lowest BCUT2D eigenvalue weighted by molar-refractivity contribution is 0.661. The maximum absolute atomic E-state index is 6.03. The second kappa shape index (κ2) is 3.71. The first-order chi connectivity index (χ1) is 7.83. The molecule has 6 heteroatoms. The van der Waals surface area contributed by atoms with Crippen molar-refractivity contribution in [1.82, 2.24) is 25.1 Å². The Morgan fingerprint density at radius 3 is 3.06 bits per heavy atom. The zero-order valence-electron chi connectivity index (χ0n) is 8.85. The minimum absolute atomic E-state index is 0.177. The number of hydrogen-bond donors (Lipinski definition) is 3. The standard InChI is InChI=1S/C10H14N6/c11-8(3-7-4-12-5-13-7)10-14-9(15-16-10)6-1-2-6/h4-6,8H,1-3,11H2,(H,12,13)(H,14,15,16). The van der Waals surface area contributed by atoms with Crippen LogP contribution in [0.15, 0.2) is 12.5 Å². The van der Waals surface area contributed by atoms with E-state index in [-0.39, 0.29) is 6.04 Å². The fourth-order valence-electron chi connectivity index (χ4n) is 1.72. The van der Waals surface area contributed by atoms with E-state index in [9.17, 15) is 0 Å². The van der Waals surface area contributed by atoms with E-state index in [0.29, 0.717) is 18.2 Å². The van der Waals surface area contributed by atoms with Crippen LogP contribution in [0, 0.1) is 0 Å². The Hall–Kier alpha value is -1.69. The number of aromatic amines is 2. The summed E-state index contributed by atoms with van der Waals surface area (Å²) in [5.41, 5.74) is 7.03. The minimum Gasteiger partial charge on any atom is -0.348 e. The third-order valence-electron chi connectivity index (χ3n) is 2.81. The summed E-state index contributed by atoms with van der Waals surface area (Å²) in [5.74, 6) is 2.26. The van der Waals surface area contributed by atoms with E-state index in [1.165, 1.54) is 12.8 Å². The number of aromatic nitrogens is 5. The molecule has 1 fully saturated rings. The van der Waals surface area contributed by atoms with E-state index >= 15 is 0 Å². The number of nitrogens with two attached hydrogens (primary N) is 1. The first-order valence-corrected chi connectivity index (χ1v) is 5.48. The van der Waals surface area contributed by atoms with Gasteiger partial charge in [-0.25, -0.2) is 9.97 Å². The molecule has 2 heterocycles. The summed E-state index contributed by atoms with van der Waals surface area (Å²) in [4.78, 5) is 11.4. The third-order valence-corrected chi connectivity index (χ3v) is 2.81. The number of imidazole rings is 1. The van der Waals surface area contributed by atoms with Crippen LogP contribution in [-0.2, 0) is 6.42 Å². The highest BCUT2D eigenvalue weighted by molar-refractivity contribution is 5.08. The Bertz CT molecular complexity index is 455. The topological polar surface area (TPSA) is 96.3 Å².